The normalized spacial score (nSPS) is 50.8. The summed E-state index contributed by atoms with van der Waals surface area (Å²) in [5, 5.41) is 3.73. The Morgan fingerprint density at radius 3 is 2.67 bits per heavy atom. The summed E-state index contributed by atoms with van der Waals surface area (Å²) in [7, 11) is 1.45. The summed E-state index contributed by atoms with van der Waals surface area (Å²) < 4.78 is 11.9. The van der Waals surface area contributed by atoms with Crippen molar-refractivity contribution in [3.8, 4) is 0 Å². The van der Waals surface area contributed by atoms with Gasteiger partial charge in [-0.25, -0.2) is 0 Å². The molecule has 1 aliphatic heterocycles. The number of esters is 1. The van der Waals surface area contributed by atoms with Gasteiger partial charge in [0.25, 0.3) is 0 Å². The molecule has 0 bridgehead atoms. The van der Waals surface area contributed by atoms with Crippen LogP contribution in [0.15, 0.2) is 0 Å². The molecule has 11 unspecified atom stereocenters. The van der Waals surface area contributed by atoms with E-state index in [0.717, 1.165) is 31.7 Å². The van der Waals surface area contributed by atoms with Gasteiger partial charge in [-0.1, -0.05) is 27.7 Å². The highest BCUT2D eigenvalue weighted by atomic mass is 16.5. The summed E-state index contributed by atoms with van der Waals surface area (Å²) in [5.41, 5.74) is -0.00669. The first kappa shape index (κ1) is 23.8. The predicted octanol–water partition coefficient (Wildman–Crippen LogP) is 4.77. The third-order valence-electron chi connectivity index (χ3n) is 11.2. The van der Waals surface area contributed by atoms with E-state index in [2.05, 4.69) is 33.0 Å². The molecule has 5 fully saturated rings. The maximum Gasteiger partial charge on any atom is 0.305 e. The zero-order valence-electron chi connectivity index (χ0n) is 21.4. The lowest BCUT2D eigenvalue weighted by Crippen LogP contribution is -2.50. The molecule has 0 amide bonds. The van der Waals surface area contributed by atoms with Gasteiger partial charge in [-0.2, -0.15) is 0 Å². The van der Waals surface area contributed by atoms with E-state index in [9.17, 15) is 9.59 Å². The largest absolute Gasteiger partial charge is 0.469 e. The van der Waals surface area contributed by atoms with Gasteiger partial charge in [0.2, 0.25) is 0 Å². The summed E-state index contributed by atoms with van der Waals surface area (Å²) in [4.78, 5) is 25.1. The van der Waals surface area contributed by atoms with Crippen LogP contribution in [0.5, 0.6) is 0 Å². The third-order valence-corrected chi connectivity index (χ3v) is 11.2. The Kier molecular flexibility index (Phi) is 6.21. The van der Waals surface area contributed by atoms with E-state index in [1.165, 1.54) is 26.4 Å². The van der Waals surface area contributed by atoms with Crippen molar-refractivity contribution in [1.29, 1.82) is 0 Å². The summed E-state index contributed by atoms with van der Waals surface area (Å²) >= 11 is 0. The predicted molar refractivity (Wildman–Crippen MR) is 128 cm³/mol. The molecule has 0 radical (unpaired) electrons. The Bertz CT molecular complexity index is 784. The Labute approximate surface area is 200 Å². The highest BCUT2D eigenvalue weighted by molar-refractivity contribution is 5.86. The summed E-state index contributed by atoms with van der Waals surface area (Å²) in [6.45, 7) is 10.3. The average molecular weight is 460 g/mol. The smallest absolute Gasteiger partial charge is 0.305 e. The van der Waals surface area contributed by atoms with E-state index >= 15 is 0 Å². The van der Waals surface area contributed by atoms with Gasteiger partial charge in [0.1, 0.15) is 5.78 Å². The van der Waals surface area contributed by atoms with Crippen molar-refractivity contribution in [3.05, 3.63) is 0 Å². The lowest BCUT2D eigenvalue weighted by molar-refractivity contribution is -0.144. The van der Waals surface area contributed by atoms with Crippen LogP contribution >= 0.6 is 0 Å². The Balaban J connectivity index is 1.34. The zero-order valence-corrected chi connectivity index (χ0v) is 21.4. The number of rotatable bonds is 6. The first-order valence-corrected chi connectivity index (χ1v) is 13.7. The molecule has 11 atom stereocenters. The van der Waals surface area contributed by atoms with Gasteiger partial charge < -0.3 is 14.8 Å². The van der Waals surface area contributed by atoms with E-state index in [-0.39, 0.29) is 11.4 Å². The molecule has 1 spiro atoms. The second-order valence-corrected chi connectivity index (χ2v) is 12.5. The number of nitrogens with one attached hydrogen (secondary N) is 1. The number of ketones is 1. The topological polar surface area (TPSA) is 64.6 Å². The Morgan fingerprint density at radius 1 is 1.15 bits per heavy atom. The molecular formula is C28H45NO4. The third kappa shape index (κ3) is 3.63. The molecule has 186 valence electrons. The van der Waals surface area contributed by atoms with Gasteiger partial charge in [-0.3, -0.25) is 9.59 Å². The van der Waals surface area contributed by atoms with Crippen LogP contribution in [0.1, 0.15) is 85.5 Å². The number of hydrogen-bond donors (Lipinski definition) is 1. The molecule has 5 heteroatoms. The van der Waals surface area contributed by atoms with E-state index < -0.39 is 0 Å². The molecule has 0 aromatic carbocycles. The standard InChI is InChI=1S/C28H45NO4/c1-6-21-23(13-16(2)15-29-21)33-22-9-8-19-18-7-10-24(30)27(4,12-11-25(31)32-5)20(18)14-28(19)17(3)26(22)28/h16-23,26,29H,6-15H2,1-5H3. The minimum atomic E-state index is -0.373. The molecule has 0 aromatic heterocycles. The van der Waals surface area contributed by atoms with Crippen LogP contribution in [0.25, 0.3) is 0 Å². The van der Waals surface area contributed by atoms with Crippen LogP contribution in [0.4, 0.5) is 0 Å². The number of ether oxygens (including phenoxy) is 2. The zero-order chi connectivity index (χ0) is 23.5. The number of carbonyl (C=O) groups excluding carboxylic acids is 2. The molecule has 4 aliphatic carbocycles. The summed E-state index contributed by atoms with van der Waals surface area (Å²) in [6, 6.07) is 0.481. The molecule has 4 saturated carbocycles. The van der Waals surface area contributed by atoms with Gasteiger partial charge in [0, 0.05) is 24.3 Å². The Morgan fingerprint density at radius 2 is 1.94 bits per heavy atom. The maximum absolute atomic E-state index is 13.2. The highest BCUT2D eigenvalue weighted by Gasteiger charge is 2.76. The first-order valence-electron chi connectivity index (χ1n) is 13.7. The van der Waals surface area contributed by atoms with E-state index in [1.807, 2.05) is 0 Å². The second kappa shape index (κ2) is 8.62. The molecular weight excluding hydrogens is 414 g/mol. The average Bonchev–Trinajstić information content (AvgIpc) is 3.24. The lowest BCUT2D eigenvalue weighted by atomic mass is 9.60. The first-order chi connectivity index (χ1) is 15.8. The number of hydrogen-bond acceptors (Lipinski definition) is 5. The quantitative estimate of drug-likeness (QED) is 0.580. The van der Waals surface area contributed by atoms with Gasteiger partial charge in [0.05, 0.1) is 19.3 Å². The second-order valence-electron chi connectivity index (χ2n) is 12.5. The molecule has 1 saturated heterocycles. The van der Waals surface area contributed by atoms with Crippen molar-refractivity contribution < 1.29 is 19.1 Å². The fourth-order valence-electron chi connectivity index (χ4n) is 9.38. The van der Waals surface area contributed by atoms with E-state index in [0.29, 0.717) is 78.3 Å². The van der Waals surface area contributed by atoms with E-state index in [1.54, 1.807) is 0 Å². The van der Waals surface area contributed by atoms with Crippen molar-refractivity contribution in [1.82, 2.24) is 5.32 Å². The molecule has 0 aromatic rings. The van der Waals surface area contributed by atoms with Crippen LogP contribution in [-0.4, -0.2) is 43.7 Å². The summed E-state index contributed by atoms with van der Waals surface area (Å²) in [5.74, 6) is 4.00. The van der Waals surface area contributed by atoms with Gasteiger partial charge in [-0.05, 0) is 92.4 Å². The van der Waals surface area contributed by atoms with Crippen LogP contribution < -0.4 is 5.32 Å². The minimum absolute atomic E-state index is 0.188. The van der Waals surface area contributed by atoms with Crippen molar-refractivity contribution in [2.24, 2.45) is 46.3 Å². The molecule has 1 N–H and O–H groups in total. The van der Waals surface area contributed by atoms with Gasteiger partial charge in [0.15, 0.2) is 0 Å². The lowest BCUT2D eigenvalue weighted by Gasteiger charge is -2.44. The van der Waals surface area contributed by atoms with Crippen LogP contribution in [0, 0.1) is 46.3 Å². The SMILES string of the molecule is CCC1NCC(C)CC1OC1CCC2C3CCC(=O)C(C)(CCC(=O)OC)C3CC23C(C)C13. The molecule has 5 aliphatic rings. The minimum Gasteiger partial charge on any atom is -0.469 e. The Hall–Kier alpha value is -0.940. The number of methoxy groups -OCH3 is 1. The molecule has 5 nitrogen and oxygen atoms in total. The summed E-state index contributed by atoms with van der Waals surface area (Å²) in [6.07, 6.45) is 9.34. The number of piperidine rings is 1. The van der Waals surface area contributed by atoms with Crippen molar-refractivity contribution >= 4 is 11.8 Å². The fraction of sp³-hybridized carbons (Fsp3) is 0.929. The fourth-order valence-corrected chi connectivity index (χ4v) is 9.38. The molecule has 5 rings (SSSR count). The van der Waals surface area contributed by atoms with Gasteiger partial charge >= 0.3 is 5.97 Å². The van der Waals surface area contributed by atoms with Crippen molar-refractivity contribution in [2.45, 2.75) is 104 Å². The van der Waals surface area contributed by atoms with Crippen LogP contribution in [0.3, 0.4) is 0 Å². The number of Topliss-reactive ketones (excluding diaryl/α,β-unsaturated/α-hetero) is 1. The van der Waals surface area contributed by atoms with E-state index in [4.69, 9.17) is 9.47 Å². The number of carbonyl (C=O) groups is 2. The monoisotopic (exact) mass is 459 g/mol. The highest BCUT2D eigenvalue weighted by Crippen LogP contribution is 2.79. The molecule has 1 heterocycles. The van der Waals surface area contributed by atoms with Crippen molar-refractivity contribution in [3.63, 3.8) is 0 Å². The van der Waals surface area contributed by atoms with Gasteiger partial charge in [-0.15, -0.1) is 0 Å². The van der Waals surface area contributed by atoms with Crippen molar-refractivity contribution in [2.75, 3.05) is 13.7 Å². The van der Waals surface area contributed by atoms with Crippen LogP contribution in [-0.2, 0) is 19.1 Å². The number of fused-ring (bicyclic) bond motifs is 2. The maximum atomic E-state index is 13.2. The van der Waals surface area contributed by atoms with Crippen LogP contribution in [0.2, 0.25) is 0 Å². The molecule has 33 heavy (non-hydrogen) atoms.